The van der Waals surface area contributed by atoms with Gasteiger partial charge >= 0.3 is 0 Å². The van der Waals surface area contributed by atoms with Gasteiger partial charge in [0.2, 0.25) is 0 Å². The van der Waals surface area contributed by atoms with Gasteiger partial charge in [0.15, 0.2) is 9.84 Å². The maximum absolute atomic E-state index is 11.2. The van der Waals surface area contributed by atoms with Crippen molar-refractivity contribution in [1.29, 1.82) is 5.26 Å². The molecule has 0 radical (unpaired) electrons. The van der Waals surface area contributed by atoms with E-state index in [2.05, 4.69) is 5.32 Å². The summed E-state index contributed by atoms with van der Waals surface area (Å²) in [7, 11) is -3.10. The lowest BCUT2D eigenvalue weighted by Crippen LogP contribution is -2.21. The van der Waals surface area contributed by atoms with Crippen molar-refractivity contribution in [3.8, 4) is 6.07 Å². The van der Waals surface area contributed by atoms with Crippen LogP contribution in [-0.2, 0) is 9.84 Å². The van der Waals surface area contributed by atoms with Gasteiger partial charge in [0.05, 0.1) is 23.0 Å². The number of halogens is 1. The highest BCUT2D eigenvalue weighted by molar-refractivity contribution is 7.94. The van der Waals surface area contributed by atoms with Crippen molar-refractivity contribution in [2.24, 2.45) is 0 Å². The molecule has 0 amide bonds. The molecule has 88 valence electrons. The fourth-order valence-electron chi connectivity index (χ4n) is 1.60. The van der Waals surface area contributed by atoms with Crippen LogP contribution in [0.25, 0.3) is 0 Å². The molecule has 0 fully saturated rings. The molecular weight excluding hydrogens is 260 g/mol. The van der Waals surface area contributed by atoms with Crippen LogP contribution in [-0.4, -0.2) is 20.2 Å². The first-order valence-electron chi connectivity index (χ1n) is 4.87. The van der Waals surface area contributed by atoms with Crippen LogP contribution in [0.5, 0.6) is 0 Å². The average molecular weight is 269 g/mol. The Kier molecular flexibility index (Phi) is 3.09. The molecule has 1 aliphatic heterocycles. The molecule has 0 aromatic heterocycles. The quantitative estimate of drug-likeness (QED) is 0.890. The first kappa shape index (κ1) is 12.0. The monoisotopic (exact) mass is 268 g/mol. The van der Waals surface area contributed by atoms with E-state index in [1.165, 1.54) is 11.5 Å². The second-order valence-electron chi connectivity index (χ2n) is 3.71. The van der Waals surface area contributed by atoms with E-state index >= 15 is 0 Å². The van der Waals surface area contributed by atoms with Crippen molar-refractivity contribution >= 4 is 27.1 Å². The Balaban J connectivity index is 2.21. The molecule has 0 bridgehead atoms. The molecule has 0 spiro atoms. The zero-order valence-electron chi connectivity index (χ0n) is 8.72. The Morgan fingerprint density at radius 1 is 1.47 bits per heavy atom. The zero-order chi connectivity index (χ0) is 12.5. The van der Waals surface area contributed by atoms with Crippen LogP contribution in [0.2, 0.25) is 5.02 Å². The van der Waals surface area contributed by atoms with Crippen LogP contribution in [0.3, 0.4) is 0 Å². The van der Waals surface area contributed by atoms with Gasteiger partial charge in [-0.1, -0.05) is 17.7 Å². The average Bonchev–Trinajstić information content (AvgIpc) is 2.61. The molecule has 1 aromatic rings. The predicted octanol–water partition coefficient (Wildman–Crippen LogP) is 1.93. The topological polar surface area (TPSA) is 70.0 Å². The minimum atomic E-state index is -3.10. The molecule has 1 aromatic carbocycles. The summed E-state index contributed by atoms with van der Waals surface area (Å²) in [5.41, 5.74) is 0.985. The van der Waals surface area contributed by atoms with Gasteiger partial charge in [-0.05, 0) is 18.2 Å². The molecule has 4 nitrogen and oxygen atoms in total. The fourth-order valence-corrected chi connectivity index (χ4v) is 3.01. The molecule has 2 rings (SSSR count). The Morgan fingerprint density at radius 2 is 2.24 bits per heavy atom. The first-order valence-corrected chi connectivity index (χ1v) is 6.97. The molecule has 17 heavy (non-hydrogen) atoms. The minimum Gasteiger partial charge on any atom is -0.377 e. The fraction of sp³-hybridized carbons (Fsp3) is 0.182. The van der Waals surface area contributed by atoms with Crippen molar-refractivity contribution in [3.05, 3.63) is 40.3 Å². The van der Waals surface area contributed by atoms with Gasteiger partial charge in [0, 0.05) is 10.4 Å². The summed E-state index contributed by atoms with van der Waals surface area (Å²) < 4.78 is 22.5. The molecule has 0 saturated heterocycles. The number of sulfone groups is 1. The number of nitrogens with zero attached hydrogens (tertiary/aromatic N) is 1. The molecule has 1 atom stereocenters. The van der Waals surface area contributed by atoms with E-state index < -0.39 is 9.84 Å². The summed E-state index contributed by atoms with van der Waals surface area (Å²) >= 11 is 5.77. The number of anilines is 1. The highest BCUT2D eigenvalue weighted by atomic mass is 35.5. The number of rotatable bonds is 2. The summed E-state index contributed by atoms with van der Waals surface area (Å²) in [6.45, 7) is 0. The lowest BCUT2D eigenvalue weighted by molar-refractivity contribution is 0.605. The number of benzene rings is 1. The van der Waals surface area contributed by atoms with Crippen LogP contribution < -0.4 is 5.32 Å². The lowest BCUT2D eigenvalue weighted by atomic mass is 10.2. The molecule has 0 saturated carbocycles. The third kappa shape index (κ3) is 2.78. The number of hydrogen-bond donors (Lipinski definition) is 1. The van der Waals surface area contributed by atoms with Gasteiger partial charge in [-0.3, -0.25) is 0 Å². The van der Waals surface area contributed by atoms with E-state index in [1.54, 1.807) is 18.2 Å². The zero-order valence-corrected chi connectivity index (χ0v) is 10.3. The summed E-state index contributed by atoms with van der Waals surface area (Å²) in [6, 6.07) is 6.57. The van der Waals surface area contributed by atoms with Crippen LogP contribution in [0.4, 0.5) is 5.69 Å². The summed E-state index contributed by atoms with van der Waals surface area (Å²) in [4.78, 5) is 0. The number of nitrogens with one attached hydrogen (secondary N) is 1. The van der Waals surface area contributed by atoms with Crippen molar-refractivity contribution in [2.45, 2.75) is 6.04 Å². The van der Waals surface area contributed by atoms with Gasteiger partial charge in [-0.25, -0.2) is 8.42 Å². The number of nitriles is 1. The number of hydrogen-bond acceptors (Lipinski definition) is 4. The first-order chi connectivity index (χ1) is 8.00. The molecular formula is C11H9ClN2O2S. The molecule has 1 unspecified atom stereocenters. The second-order valence-corrected chi connectivity index (χ2v) is 6.08. The Bertz CT molecular complexity index is 617. The van der Waals surface area contributed by atoms with Gasteiger partial charge in [-0.2, -0.15) is 5.26 Å². The summed E-state index contributed by atoms with van der Waals surface area (Å²) in [5, 5.41) is 13.6. The van der Waals surface area contributed by atoms with Gasteiger partial charge in [-0.15, -0.1) is 0 Å². The highest BCUT2D eigenvalue weighted by Gasteiger charge is 2.21. The van der Waals surface area contributed by atoms with Crippen molar-refractivity contribution in [2.75, 3.05) is 11.1 Å². The van der Waals surface area contributed by atoms with E-state index in [0.29, 0.717) is 16.3 Å². The van der Waals surface area contributed by atoms with E-state index in [9.17, 15) is 8.42 Å². The van der Waals surface area contributed by atoms with Gasteiger partial charge < -0.3 is 5.32 Å². The molecule has 6 heteroatoms. The van der Waals surface area contributed by atoms with E-state index in [4.69, 9.17) is 16.9 Å². The smallest absolute Gasteiger partial charge is 0.173 e. The predicted molar refractivity (Wildman–Crippen MR) is 66.5 cm³/mol. The van der Waals surface area contributed by atoms with Crippen LogP contribution in [0, 0.1) is 11.3 Å². The van der Waals surface area contributed by atoms with Crippen molar-refractivity contribution in [1.82, 2.24) is 0 Å². The van der Waals surface area contributed by atoms with Crippen molar-refractivity contribution in [3.63, 3.8) is 0 Å². The molecule has 1 N–H and O–H groups in total. The largest absolute Gasteiger partial charge is 0.377 e. The van der Waals surface area contributed by atoms with Crippen LogP contribution >= 0.6 is 11.6 Å². The third-order valence-electron chi connectivity index (χ3n) is 2.37. The van der Waals surface area contributed by atoms with E-state index in [0.717, 1.165) is 0 Å². The van der Waals surface area contributed by atoms with E-state index in [-0.39, 0.29) is 11.8 Å². The second kappa shape index (κ2) is 4.40. The van der Waals surface area contributed by atoms with Gasteiger partial charge in [0.25, 0.3) is 0 Å². The standard InChI is InChI=1S/C11H9ClN2O2S/c12-9-1-2-11(8(5-9)6-13)14-10-3-4-17(15,16)7-10/h1-5,10,14H,7H2. The van der Waals surface area contributed by atoms with Crippen LogP contribution in [0.15, 0.2) is 29.7 Å². The lowest BCUT2D eigenvalue weighted by Gasteiger charge is -2.12. The van der Waals surface area contributed by atoms with Crippen molar-refractivity contribution < 1.29 is 8.42 Å². The Labute approximate surface area is 104 Å². The maximum Gasteiger partial charge on any atom is 0.173 e. The molecule has 0 aliphatic carbocycles. The minimum absolute atomic E-state index is 0.0144. The normalized spacial score (nSPS) is 21.1. The van der Waals surface area contributed by atoms with Crippen LogP contribution in [0.1, 0.15) is 5.56 Å². The highest BCUT2D eigenvalue weighted by Crippen LogP contribution is 2.22. The Morgan fingerprint density at radius 3 is 2.82 bits per heavy atom. The Hall–Kier alpha value is -1.51. The summed E-state index contributed by atoms with van der Waals surface area (Å²) in [5.74, 6) is 0.0144. The van der Waals surface area contributed by atoms with Gasteiger partial charge in [0.1, 0.15) is 6.07 Å². The molecule has 1 aliphatic rings. The maximum atomic E-state index is 11.2. The SMILES string of the molecule is N#Cc1cc(Cl)ccc1NC1C=CS(=O)(=O)C1. The third-order valence-corrected chi connectivity index (χ3v) is 4.00. The summed E-state index contributed by atoms with van der Waals surface area (Å²) in [6.07, 6.45) is 1.57. The molecule has 1 heterocycles. The van der Waals surface area contributed by atoms with E-state index in [1.807, 2.05) is 6.07 Å².